The Morgan fingerprint density at radius 3 is 2.67 bits per heavy atom. The molecule has 0 aliphatic carbocycles. The van der Waals surface area contributed by atoms with Crippen molar-refractivity contribution in [3.8, 4) is 0 Å². The summed E-state index contributed by atoms with van der Waals surface area (Å²) in [6.45, 7) is 8.60. The molecule has 1 atom stereocenters. The first-order chi connectivity index (χ1) is 8.62. The number of hydrogen-bond acceptors (Lipinski definition) is 4. The van der Waals surface area contributed by atoms with Gasteiger partial charge in [0.05, 0.1) is 13.0 Å². The zero-order valence-corrected chi connectivity index (χ0v) is 11.6. The summed E-state index contributed by atoms with van der Waals surface area (Å²) in [7, 11) is 1.37. The molecule has 1 heterocycles. The van der Waals surface area contributed by atoms with Gasteiger partial charge in [-0.2, -0.15) is 0 Å². The predicted molar refractivity (Wildman–Crippen MR) is 69.1 cm³/mol. The Balaban J connectivity index is 2.31. The summed E-state index contributed by atoms with van der Waals surface area (Å²) in [6.07, 6.45) is 1.26. The number of ether oxygens (including phenoxy) is 1. The Morgan fingerprint density at radius 2 is 2.11 bits per heavy atom. The lowest BCUT2D eigenvalue weighted by Gasteiger charge is -2.21. The van der Waals surface area contributed by atoms with Crippen molar-refractivity contribution in [3.05, 3.63) is 0 Å². The van der Waals surface area contributed by atoms with E-state index in [9.17, 15) is 9.59 Å². The fourth-order valence-electron chi connectivity index (χ4n) is 2.34. The lowest BCUT2D eigenvalue weighted by atomic mass is 10.1. The largest absolute Gasteiger partial charge is 0.469 e. The second-order valence-electron chi connectivity index (χ2n) is 4.64. The van der Waals surface area contributed by atoms with Crippen molar-refractivity contribution in [2.24, 2.45) is 5.92 Å². The molecule has 5 nitrogen and oxygen atoms in total. The molecule has 1 unspecified atom stereocenters. The Kier molecular flexibility index (Phi) is 6.12. The van der Waals surface area contributed by atoms with Gasteiger partial charge < -0.3 is 14.5 Å². The van der Waals surface area contributed by atoms with Crippen LogP contribution >= 0.6 is 0 Å². The summed E-state index contributed by atoms with van der Waals surface area (Å²) in [5.41, 5.74) is 0. The normalized spacial score (nSPS) is 19.7. The zero-order chi connectivity index (χ0) is 13.5. The van der Waals surface area contributed by atoms with Crippen LogP contribution in [0.5, 0.6) is 0 Å². The van der Waals surface area contributed by atoms with E-state index in [4.69, 9.17) is 0 Å². The summed E-state index contributed by atoms with van der Waals surface area (Å²) < 4.78 is 4.68. The highest BCUT2D eigenvalue weighted by Gasteiger charge is 2.34. The molecule has 0 aromatic heterocycles. The highest BCUT2D eigenvalue weighted by Crippen LogP contribution is 2.19. The maximum atomic E-state index is 11.7. The quantitative estimate of drug-likeness (QED) is 0.630. The van der Waals surface area contributed by atoms with Crippen molar-refractivity contribution in [2.75, 3.05) is 39.8 Å². The zero-order valence-electron chi connectivity index (χ0n) is 11.6. The summed E-state index contributed by atoms with van der Waals surface area (Å²) in [5, 5.41) is 0. The Morgan fingerprint density at radius 1 is 1.44 bits per heavy atom. The van der Waals surface area contributed by atoms with E-state index in [0.29, 0.717) is 13.0 Å². The number of carbonyl (C=O) groups excluding carboxylic acids is 2. The van der Waals surface area contributed by atoms with Gasteiger partial charge in [0.25, 0.3) is 0 Å². The van der Waals surface area contributed by atoms with Crippen LogP contribution in [0.25, 0.3) is 0 Å². The molecule has 18 heavy (non-hydrogen) atoms. The van der Waals surface area contributed by atoms with E-state index in [2.05, 4.69) is 23.5 Å². The predicted octanol–water partition coefficient (Wildman–Crippen LogP) is 0.740. The van der Waals surface area contributed by atoms with Crippen LogP contribution in [0.1, 0.15) is 26.7 Å². The highest BCUT2D eigenvalue weighted by atomic mass is 16.5. The Labute approximate surface area is 109 Å². The first kappa shape index (κ1) is 15.0. The number of likely N-dealkylation sites (tertiary alicyclic amines) is 1. The fourth-order valence-corrected chi connectivity index (χ4v) is 2.34. The van der Waals surface area contributed by atoms with Crippen LogP contribution in [0, 0.1) is 5.92 Å². The van der Waals surface area contributed by atoms with Crippen LogP contribution in [0.3, 0.4) is 0 Å². The second kappa shape index (κ2) is 7.36. The summed E-state index contributed by atoms with van der Waals surface area (Å²) >= 11 is 0. The van der Waals surface area contributed by atoms with E-state index in [0.717, 1.165) is 32.6 Å². The van der Waals surface area contributed by atoms with Crippen LogP contribution in [0.4, 0.5) is 0 Å². The van der Waals surface area contributed by atoms with Crippen LogP contribution < -0.4 is 0 Å². The Hall–Kier alpha value is -1.10. The van der Waals surface area contributed by atoms with Gasteiger partial charge in [-0.05, 0) is 26.1 Å². The van der Waals surface area contributed by atoms with Crippen molar-refractivity contribution in [1.29, 1.82) is 0 Å². The smallest absolute Gasteiger partial charge is 0.310 e. The standard InChI is InChI=1S/C13H24N2O3/c1-4-14(5-2)7-6-8-15-10-11(9-12(15)16)13(17)18-3/h11H,4-10H2,1-3H3. The summed E-state index contributed by atoms with van der Waals surface area (Å²) in [4.78, 5) is 27.2. The molecule has 5 heteroatoms. The fraction of sp³-hybridized carbons (Fsp3) is 0.846. The van der Waals surface area contributed by atoms with Crippen molar-refractivity contribution < 1.29 is 14.3 Å². The molecule has 0 aromatic carbocycles. The van der Waals surface area contributed by atoms with Crippen LogP contribution in [0.15, 0.2) is 0 Å². The average Bonchev–Trinajstić information content (AvgIpc) is 2.75. The molecule has 0 radical (unpaired) electrons. The van der Waals surface area contributed by atoms with Gasteiger partial charge in [-0.1, -0.05) is 13.8 Å². The lowest BCUT2D eigenvalue weighted by Crippen LogP contribution is -2.31. The molecular formula is C13H24N2O3. The van der Waals surface area contributed by atoms with Crippen molar-refractivity contribution in [2.45, 2.75) is 26.7 Å². The highest BCUT2D eigenvalue weighted by molar-refractivity contribution is 5.86. The number of amides is 1. The van der Waals surface area contributed by atoms with Gasteiger partial charge in [0.15, 0.2) is 0 Å². The summed E-state index contributed by atoms with van der Waals surface area (Å²) in [6, 6.07) is 0. The number of esters is 1. The van der Waals surface area contributed by atoms with Crippen molar-refractivity contribution >= 4 is 11.9 Å². The number of rotatable bonds is 7. The average molecular weight is 256 g/mol. The molecule has 0 saturated carbocycles. The van der Waals surface area contributed by atoms with E-state index in [1.807, 2.05) is 0 Å². The first-order valence-corrected chi connectivity index (χ1v) is 6.70. The molecule has 0 spiro atoms. The third-order valence-corrected chi connectivity index (χ3v) is 3.55. The van der Waals surface area contributed by atoms with Crippen LogP contribution in [-0.4, -0.2) is 61.5 Å². The van der Waals surface area contributed by atoms with Crippen molar-refractivity contribution in [1.82, 2.24) is 9.80 Å². The minimum absolute atomic E-state index is 0.0740. The Bertz CT molecular complexity index is 290. The molecule has 0 bridgehead atoms. The van der Waals surface area contributed by atoms with Crippen molar-refractivity contribution in [3.63, 3.8) is 0 Å². The molecule has 1 aliphatic heterocycles. The van der Waals surface area contributed by atoms with E-state index >= 15 is 0 Å². The van der Waals surface area contributed by atoms with Crippen LogP contribution in [-0.2, 0) is 14.3 Å². The molecule has 1 saturated heterocycles. The van der Waals surface area contributed by atoms with Gasteiger partial charge in [-0.15, -0.1) is 0 Å². The summed E-state index contributed by atoms with van der Waals surface area (Å²) in [5.74, 6) is -0.463. The van der Waals surface area contributed by atoms with Gasteiger partial charge in [0, 0.05) is 19.5 Å². The van der Waals surface area contributed by atoms with Gasteiger partial charge >= 0.3 is 5.97 Å². The number of methoxy groups -OCH3 is 1. The third kappa shape index (κ3) is 3.98. The SMILES string of the molecule is CCN(CC)CCCN1CC(C(=O)OC)CC1=O. The van der Waals surface area contributed by atoms with Crippen LogP contribution in [0.2, 0.25) is 0 Å². The lowest BCUT2D eigenvalue weighted by molar-refractivity contribution is -0.145. The minimum atomic E-state index is -0.269. The topological polar surface area (TPSA) is 49.9 Å². The molecule has 1 aliphatic rings. The molecule has 1 amide bonds. The minimum Gasteiger partial charge on any atom is -0.469 e. The van der Waals surface area contributed by atoms with Gasteiger partial charge in [-0.3, -0.25) is 9.59 Å². The van der Waals surface area contributed by atoms with E-state index < -0.39 is 0 Å². The number of hydrogen-bond donors (Lipinski definition) is 0. The van der Waals surface area contributed by atoms with E-state index in [1.54, 1.807) is 4.90 Å². The molecule has 0 N–H and O–H groups in total. The molecule has 104 valence electrons. The second-order valence-corrected chi connectivity index (χ2v) is 4.64. The van der Waals surface area contributed by atoms with Gasteiger partial charge in [0.1, 0.15) is 0 Å². The third-order valence-electron chi connectivity index (χ3n) is 3.55. The van der Waals surface area contributed by atoms with E-state index in [-0.39, 0.29) is 17.8 Å². The molecule has 1 fully saturated rings. The van der Waals surface area contributed by atoms with E-state index in [1.165, 1.54) is 7.11 Å². The maximum absolute atomic E-state index is 11.7. The number of carbonyl (C=O) groups is 2. The molecule has 0 aromatic rings. The van der Waals surface area contributed by atoms with Gasteiger partial charge in [0.2, 0.25) is 5.91 Å². The number of nitrogens with zero attached hydrogens (tertiary/aromatic N) is 2. The first-order valence-electron chi connectivity index (χ1n) is 6.70. The monoisotopic (exact) mass is 256 g/mol. The molecule has 1 rings (SSSR count). The maximum Gasteiger partial charge on any atom is 0.310 e. The molecular weight excluding hydrogens is 232 g/mol. The van der Waals surface area contributed by atoms with Gasteiger partial charge in [-0.25, -0.2) is 0 Å².